The van der Waals surface area contributed by atoms with E-state index in [4.69, 9.17) is 4.74 Å². The highest BCUT2D eigenvalue weighted by Crippen LogP contribution is 2.35. The van der Waals surface area contributed by atoms with Crippen LogP contribution >= 0.6 is 0 Å². The Hall–Kier alpha value is -2.59. The number of para-hydroxylation sites is 2. The molecule has 1 amide bonds. The van der Waals surface area contributed by atoms with Crippen LogP contribution in [0.1, 0.15) is 12.0 Å². The van der Waals surface area contributed by atoms with Crippen molar-refractivity contribution in [2.45, 2.75) is 6.42 Å². The SMILES string of the molecule is C[N+](C)(C)CCCN1C(=O)/C(=C/c2ccccc2)Oc2ccccc21. The van der Waals surface area contributed by atoms with E-state index < -0.39 is 0 Å². The Kier molecular flexibility index (Phi) is 4.91. The molecule has 0 bridgehead atoms. The molecule has 1 heterocycles. The number of hydrogen-bond acceptors (Lipinski definition) is 2. The summed E-state index contributed by atoms with van der Waals surface area (Å²) >= 11 is 0. The Balaban J connectivity index is 1.88. The van der Waals surface area contributed by atoms with Crippen LogP contribution < -0.4 is 9.64 Å². The van der Waals surface area contributed by atoms with Gasteiger partial charge in [-0.2, -0.15) is 0 Å². The summed E-state index contributed by atoms with van der Waals surface area (Å²) in [4.78, 5) is 14.8. The molecule has 0 atom stereocenters. The molecule has 0 spiro atoms. The summed E-state index contributed by atoms with van der Waals surface area (Å²) in [6.45, 7) is 1.69. The van der Waals surface area contributed by atoms with Crippen molar-refractivity contribution in [1.82, 2.24) is 0 Å². The summed E-state index contributed by atoms with van der Waals surface area (Å²) < 4.78 is 6.77. The Morgan fingerprint density at radius 2 is 1.68 bits per heavy atom. The molecule has 0 aliphatic carbocycles. The van der Waals surface area contributed by atoms with E-state index in [0.29, 0.717) is 12.3 Å². The quantitative estimate of drug-likeness (QED) is 0.617. The van der Waals surface area contributed by atoms with Crippen LogP contribution in [0.15, 0.2) is 60.4 Å². The minimum Gasteiger partial charge on any atom is -0.449 e. The zero-order chi connectivity index (χ0) is 17.9. The largest absolute Gasteiger partial charge is 0.449 e. The molecule has 1 aliphatic rings. The molecule has 0 radical (unpaired) electrons. The second-order valence-electron chi connectivity index (χ2n) is 7.31. The van der Waals surface area contributed by atoms with E-state index in [0.717, 1.165) is 34.4 Å². The molecule has 4 nitrogen and oxygen atoms in total. The Morgan fingerprint density at radius 3 is 2.40 bits per heavy atom. The fourth-order valence-electron chi connectivity index (χ4n) is 2.89. The summed E-state index contributed by atoms with van der Waals surface area (Å²) in [5.41, 5.74) is 1.80. The standard InChI is InChI=1S/C21H25N2O2/c1-23(2,3)15-9-14-22-18-12-7-8-13-19(18)25-20(21(22)24)16-17-10-5-4-6-11-17/h4-8,10-13,16H,9,14-15H2,1-3H3/q+1/b20-16-. The normalized spacial score (nSPS) is 15.9. The first kappa shape index (κ1) is 17.2. The van der Waals surface area contributed by atoms with Crippen LogP contribution in [0, 0.1) is 0 Å². The molecule has 2 aromatic rings. The molecule has 2 aromatic carbocycles. The molecule has 0 unspecified atom stereocenters. The van der Waals surface area contributed by atoms with Crippen LogP contribution in [0.25, 0.3) is 6.08 Å². The number of nitrogens with zero attached hydrogens (tertiary/aromatic N) is 2. The molecular weight excluding hydrogens is 312 g/mol. The summed E-state index contributed by atoms with van der Waals surface area (Å²) in [5, 5.41) is 0. The average molecular weight is 337 g/mol. The summed E-state index contributed by atoms with van der Waals surface area (Å²) in [7, 11) is 6.49. The monoisotopic (exact) mass is 337 g/mol. The lowest BCUT2D eigenvalue weighted by molar-refractivity contribution is -0.870. The van der Waals surface area contributed by atoms with Crippen molar-refractivity contribution in [3.63, 3.8) is 0 Å². The van der Waals surface area contributed by atoms with Gasteiger partial charge < -0.3 is 14.1 Å². The number of carbonyl (C=O) groups excluding carboxylic acids is 1. The first-order valence-electron chi connectivity index (χ1n) is 8.60. The predicted molar refractivity (Wildman–Crippen MR) is 101 cm³/mol. The number of carbonyl (C=O) groups is 1. The maximum Gasteiger partial charge on any atom is 0.294 e. The third-order valence-electron chi connectivity index (χ3n) is 4.14. The second kappa shape index (κ2) is 7.11. The third-order valence-corrected chi connectivity index (χ3v) is 4.14. The van der Waals surface area contributed by atoms with Crippen molar-refractivity contribution in [3.8, 4) is 5.75 Å². The number of ether oxygens (including phenoxy) is 1. The van der Waals surface area contributed by atoms with Gasteiger partial charge in [0.15, 0.2) is 11.5 Å². The third kappa shape index (κ3) is 4.28. The first-order valence-corrected chi connectivity index (χ1v) is 8.60. The number of fused-ring (bicyclic) bond motifs is 1. The molecule has 4 heteroatoms. The van der Waals surface area contributed by atoms with Crippen molar-refractivity contribution >= 4 is 17.7 Å². The van der Waals surface area contributed by atoms with Crippen molar-refractivity contribution in [1.29, 1.82) is 0 Å². The van der Waals surface area contributed by atoms with Crippen LogP contribution in [0.3, 0.4) is 0 Å². The highest BCUT2D eigenvalue weighted by molar-refractivity contribution is 6.09. The number of benzene rings is 2. The molecule has 0 saturated carbocycles. The van der Waals surface area contributed by atoms with E-state index >= 15 is 0 Å². The highest BCUT2D eigenvalue weighted by Gasteiger charge is 2.30. The smallest absolute Gasteiger partial charge is 0.294 e. The number of anilines is 1. The minimum atomic E-state index is -0.0797. The molecule has 1 aliphatic heterocycles. The molecule has 0 N–H and O–H groups in total. The van der Waals surface area contributed by atoms with Gasteiger partial charge in [-0.05, 0) is 23.8 Å². The number of amides is 1. The molecule has 3 rings (SSSR count). The fraction of sp³-hybridized carbons (Fsp3) is 0.286. The van der Waals surface area contributed by atoms with Gasteiger partial charge in [0.25, 0.3) is 5.91 Å². The summed E-state index contributed by atoms with van der Waals surface area (Å²) in [6, 6.07) is 17.5. The van der Waals surface area contributed by atoms with E-state index in [1.165, 1.54) is 0 Å². The van der Waals surface area contributed by atoms with Gasteiger partial charge in [-0.1, -0.05) is 42.5 Å². The maximum absolute atomic E-state index is 13.0. The van der Waals surface area contributed by atoms with E-state index in [-0.39, 0.29) is 5.91 Å². The summed E-state index contributed by atoms with van der Waals surface area (Å²) in [6.07, 6.45) is 2.74. The van der Waals surface area contributed by atoms with Gasteiger partial charge in [0.1, 0.15) is 0 Å². The van der Waals surface area contributed by atoms with Gasteiger partial charge in [-0.25, -0.2) is 0 Å². The van der Waals surface area contributed by atoms with Gasteiger partial charge in [0, 0.05) is 13.0 Å². The van der Waals surface area contributed by atoms with E-state index in [9.17, 15) is 4.79 Å². The van der Waals surface area contributed by atoms with Crippen LogP contribution in [-0.2, 0) is 4.79 Å². The second-order valence-corrected chi connectivity index (χ2v) is 7.31. The summed E-state index contributed by atoms with van der Waals surface area (Å²) in [5.74, 6) is 1.02. The highest BCUT2D eigenvalue weighted by atomic mass is 16.5. The zero-order valence-electron chi connectivity index (χ0n) is 15.1. The molecule has 130 valence electrons. The molecular formula is C21H25N2O2+. The number of hydrogen-bond donors (Lipinski definition) is 0. The molecule has 25 heavy (non-hydrogen) atoms. The maximum atomic E-state index is 13.0. The van der Waals surface area contributed by atoms with Crippen LogP contribution in [-0.4, -0.2) is 44.6 Å². The van der Waals surface area contributed by atoms with Gasteiger partial charge in [0.05, 0.1) is 33.4 Å². The molecule has 0 saturated heterocycles. The van der Waals surface area contributed by atoms with E-state index in [2.05, 4.69) is 21.1 Å². The molecule has 0 aromatic heterocycles. The Morgan fingerprint density at radius 1 is 1.00 bits per heavy atom. The first-order chi connectivity index (χ1) is 11.9. The van der Waals surface area contributed by atoms with Crippen molar-refractivity contribution in [2.75, 3.05) is 39.1 Å². The van der Waals surface area contributed by atoms with E-state index in [1.807, 2.05) is 65.6 Å². The Bertz CT molecular complexity index is 776. The lowest BCUT2D eigenvalue weighted by Crippen LogP contribution is -2.41. The Labute approximate surface area is 149 Å². The zero-order valence-corrected chi connectivity index (χ0v) is 15.1. The van der Waals surface area contributed by atoms with Crippen molar-refractivity contribution in [3.05, 3.63) is 65.9 Å². The topological polar surface area (TPSA) is 29.5 Å². The van der Waals surface area contributed by atoms with Crippen molar-refractivity contribution < 1.29 is 14.0 Å². The van der Waals surface area contributed by atoms with Crippen molar-refractivity contribution in [2.24, 2.45) is 0 Å². The number of quaternary nitrogens is 1. The van der Waals surface area contributed by atoms with Gasteiger partial charge in [-0.3, -0.25) is 4.79 Å². The predicted octanol–water partition coefficient (Wildman–Crippen LogP) is 3.55. The number of rotatable bonds is 5. The van der Waals surface area contributed by atoms with E-state index in [1.54, 1.807) is 0 Å². The minimum absolute atomic E-state index is 0.0797. The molecule has 0 fully saturated rings. The lowest BCUT2D eigenvalue weighted by atomic mass is 10.1. The fourth-order valence-corrected chi connectivity index (χ4v) is 2.89. The van der Waals surface area contributed by atoms with Gasteiger partial charge in [0.2, 0.25) is 0 Å². The average Bonchev–Trinajstić information content (AvgIpc) is 2.58. The van der Waals surface area contributed by atoms with Gasteiger partial charge >= 0.3 is 0 Å². The van der Waals surface area contributed by atoms with Crippen LogP contribution in [0.2, 0.25) is 0 Å². The lowest BCUT2D eigenvalue weighted by Gasteiger charge is -2.31. The van der Waals surface area contributed by atoms with Gasteiger partial charge in [-0.15, -0.1) is 0 Å². The van der Waals surface area contributed by atoms with Crippen LogP contribution in [0.4, 0.5) is 5.69 Å². The van der Waals surface area contributed by atoms with Crippen LogP contribution in [0.5, 0.6) is 5.75 Å².